The maximum absolute atomic E-state index is 11.2. The van der Waals surface area contributed by atoms with Crippen molar-refractivity contribution in [2.24, 2.45) is 18.9 Å². The van der Waals surface area contributed by atoms with Gasteiger partial charge in [0.1, 0.15) is 0 Å². The average molecular weight is 265 g/mol. The van der Waals surface area contributed by atoms with Gasteiger partial charge in [0, 0.05) is 13.6 Å². The van der Waals surface area contributed by atoms with Crippen LogP contribution in [0, 0.1) is 18.8 Å². The number of hydrogen-bond acceptors (Lipinski definition) is 3. The summed E-state index contributed by atoms with van der Waals surface area (Å²) in [6, 6.07) is 2.06. The molecule has 19 heavy (non-hydrogen) atoms. The fraction of sp³-hybridized carbons (Fsp3) is 0.714. The Bertz CT molecular complexity index is 442. The largest absolute Gasteiger partial charge is 0.481 e. The second kappa shape index (κ2) is 6.19. The molecule has 2 atom stereocenters. The second-order valence-electron chi connectivity index (χ2n) is 5.52. The van der Waals surface area contributed by atoms with E-state index in [-0.39, 0.29) is 11.8 Å². The molecule has 0 amide bonds. The smallest absolute Gasteiger partial charge is 0.306 e. The second-order valence-corrected chi connectivity index (χ2v) is 5.52. The monoisotopic (exact) mass is 265 g/mol. The van der Waals surface area contributed by atoms with Crippen molar-refractivity contribution in [1.82, 2.24) is 15.1 Å². The first-order chi connectivity index (χ1) is 9.08. The van der Waals surface area contributed by atoms with Gasteiger partial charge in [-0.3, -0.25) is 9.48 Å². The first kappa shape index (κ1) is 14.1. The molecule has 2 N–H and O–H groups in total. The van der Waals surface area contributed by atoms with Crippen molar-refractivity contribution in [1.29, 1.82) is 0 Å². The number of aryl methyl sites for hydroxylation is 2. The lowest BCUT2D eigenvalue weighted by molar-refractivity contribution is -0.144. The Hall–Kier alpha value is -1.36. The van der Waals surface area contributed by atoms with Crippen molar-refractivity contribution in [2.75, 3.05) is 6.54 Å². The maximum atomic E-state index is 11.2. The van der Waals surface area contributed by atoms with Crippen LogP contribution in [0.3, 0.4) is 0 Å². The van der Waals surface area contributed by atoms with Gasteiger partial charge in [0.15, 0.2) is 0 Å². The predicted molar refractivity (Wildman–Crippen MR) is 72.7 cm³/mol. The summed E-state index contributed by atoms with van der Waals surface area (Å²) in [5, 5.41) is 16.9. The molecular weight excluding hydrogens is 242 g/mol. The Morgan fingerprint density at radius 2 is 2.26 bits per heavy atom. The number of aliphatic carboxylic acids is 1. The number of carboxylic acids is 1. The molecule has 1 aromatic rings. The summed E-state index contributed by atoms with van der Waals surface area (Å²) in [7, 11) is 1.94. The van der Waals surface area contributed by atoms with E-state index in [1.54, 1.807) is 0 Å². The van der Waals surface area contributed by atoms with Gasteiger partial charge in [0.05, 0.1) is 17.3 Å². The van der Waals surface area contributed by atoms with Gasteiger partial charge in [0.2, 0.25) is 0 Å². The number of rotatable bonds is 5. The molecule has 5 heteroatoms. The van der Waals surface area contributed by atoms with Gasteiger partial charge < -0.3 is 10.4 Å². The molecule has 0 bridgehead atoms. The van der Waals surface area contributed by atoms with Gasteiger partial charge in [-0.2, -0.15) is 5.10 Å². The standard InChI is InChI=1S/C14H23N3O2/c1-10-7-12(17(2)16-10)9-15-8-11-5-3-4-6-13(11)14(18)19/h7,11,13,15H,3-6,8-9H2,1-2H3,(H,18,19). The van der Waals surface area contributed by atoms with Crippen LogP contribution in [0.4, 0.5) is 0 Å². The van der Waals surface area contributed by atoms with Crippen molar-refractivity contribution in [2.45, 2.75) is 39.2 Å². The Morgan fingerprint density at radius 1 is 1.53 bits per heavy atom. The van der Waals surface area contributed by atoms with Gasteiger partial charge in [0.25, 0.3) is 0 Å². The summed E-state index contributed by atoms with van der Waals surface area (Å²) in [5.41, 5.74) is 2.15. The van der Waals surface area contributed by atoms with Gasteiger partial charge in [-0.05, 0) is 38.3 Å². The van der Waals surface area contributed by atoms with E-state index in [9.17, 15) is 9.90 Å². The molecule has 0 radical (unpaired) electrons. The minimum atomic E-state index is -0.636. The van der Waals surface area contributed by atoms with E-state index in [0.717, 1.165) is 50.2 Å². The Balaban J connectivity index is 1.84. The molecule has 106 valence electrons. The van der Waals surface area contributed by atoms with Crippen LogP contribution >= 0.6 is 0 Å². The molecule has 1 saturated carbocycles. The summed E-state index contributed by atoms with van der Waals surface area (Å²) >= 11 is 0. The van der Waals surface area contributed by atoms with Crippen molar-refractivity contribution in [3.63, 3.8) is 0 Å². The van der Waals surface area contributed by atoms with Gasteiger partial charge in [-0.25, -0.2) is 0 Å². The predicted octanol–water partition coefficient (Wildman–Crippen LogP) is 1.71. The van der Waals surface area contributed by atoms with Gasteiger partial charge in [-0.15, -0.1) is 0 Å². The van der Waals surface area contributed by atoms with Crippen molar-refractivity contribution in [3.8, 4) is 0 Å². The number of nitrogens with one attached hydrogen (secondary N) is 1. The lowest BCUT2D eigenvalue weighted by Gasteiger charge is -2.28. The van der Waals surface area contributed by atoms with Crippen molar-refractivity contribution in [3.05, 3.63) is 17.5 Å². The van der Waals surface area contributed by atoms with E-state index < -0.39 is 5.97 Å². The molecule has 0 spiro atoms. The van der Waals surface area contributed by atoms with E-state index in [2.05, 4.69) is 16.5 Å². The highest BCUT2D eigenvalue weighted by Crippen LogP contribution is 2.29. The summed E-state index contributed by atoms with van der Waals surface area (Å²) in [4.78, 5) is 11.2. The number of nitrogens with zero attached hydrogens (tertiary/aromatic N) is 2. The molecule has 5 nitrogen and oxygen atoms in total. The van der Waals surface area contributed by atoms with Crippen LogP contribution < -0.4 is 5.32 Å². The van der Waals surface area contributed by atoms with Crippen molar-refractivity contribution >= 4 is 5.97 Å². The molecule has 0 aliphatic heterocycles. The molecule has 1 aliphatic rings. The first-order valence-corrected chi connectivity index (χ1v) is 7.01. The molecular formula is C14H23N3O2. The van der Waals surface area contributed by atoms with Crippen LogP contribution in [-0.4, -0.2) is 27.4 Å². The normalized spacial score (nSPS) is 23.5. The fourth-order valence-corrected chi connectivity index (χ4v) is 2.99. The third kappa shape index (κ3) is 3.56. The highest BCUT2D eigenvalue weighted by atomic mass is 16.4. The summed E-state index contributed by atoms with van der Waals surface area (Å²) in [5.74, 6) is -0.544. The molecule has 2 rings (SSSR count). The van der Waals surface area contributed by atoms with Gasteiger partial charge in [-0.1, -0.05) is 12.8 Å². The average Bonchev–Trinajstić information content (AvgIpc) is 2.68. The van der Waals surface area contributed by atoms with Crippen LogP contribution in [0.25, 0.3) is 0 Å². The van der Waals surface area contributed by atoms with E-state index in [4.69, 9.17) is 0 Å². The molecule has 1 fully saturated rings. The Morgan fingerprint density at radius 3 is 2.89 bits per heavy atom. The quantitative estimate of drug-likeness (QED) is 0.850. The summed E-state index contributed by atoms with van der Waals surface area (Å²) < 4.78 is 1.87. The summed E-state index contributed by atoms with van der Waals surface area (Å²) in [6.45, 7) is 3.51. The zero-order valence-corrected chi connectivity index (χ0v) is 11.7. The lowest BCUT2D eigenvalue weighted by atomic mass is 9.79. The topological polar surface area (TPSA) is 67.2 Å². The van der Waals surface area contributed by atoms with E-state index in [1.807, 2.05) is 18.7 Å². The SMILES string of the molecule is Cc1cc(CNCC2CCCCC2C(=O)O)n(C)n1. The maximum Gasteiger partial charge on any atom is 0.306 e. The zero-order valence-electron chi connectivity index (χ0n) is 11.7. The third-order valence-corrected chi connectivity index (χ3v) is 4.04. The number of carbonyl (C=O) groups is 1. The molecule has 1 aromatic heterocycles. The minimum Gasteiger partial charge on any atom is -0.481 e. The fourth-order valence-electron chi connectivity index (χ4n) is 2.99. The van der Waals surface area contributed by atoms with Crippen molar-refractivity contribution < 1.29 is 9.90 Å². The van der Waals surface area contributed by atoms with Crippen LogP contribution in [0.5, 0.6) is 0 Å². The Kier molecular flexibility index (Phi) is 4.58. The first-order valence-electron chi connectivity index (χ1n) is 7.01. The van der Waals surface area contributed by atoms with Gasteiger partial charge >= 0.3 is 5.97 Å². The lowest BCUT2D eigenvalue weighted by Crippen LogP contribution is -2.34. The molecule has 1 heterocycles. The number of hydrogen-bond donors (Lipinski definition) is 2. The molecule has 1 aliphatic carbocycles. The van der Waals surface area contributed by atoms with E-state index in [1.165, 1.54) is 0 Å². The van der Waals surface area contributed by atoms with E-state index >= 15 is 0 Å². The number of aromatic nitrogens is 2. The zero-order chi connectivity index (χ0) is 13.8. The summed E-state index contributed by atoms with van der Waals surface area (Å²) in [6.07, 6.45) is 4.05. The highest BCUT2D eigenvalue weighted by molar-refractivity contribution is 5.70. The Labute approximate surface area is 114 Å². The molecule has 0 aromatic carbocycles. The highest BCUT2D eigenvalue weighted by Gasteiger charge is 2.30. The van der Waals surface area contributed by atoms with Crippen LogP contribution in [0.2, 0.25) is 0 Å². The van der Waals surface area contributed by atoms with Crippen LogP contribution in [-0.2, 0) is 18.4 Å². The van der Waals surface area contributed by atoms with Crippen LogP contribution in [0.1, 0.15) is 37.1 Å². The van der Waals surface area contributed by atoms with Crippen LogP contribution in [0.15, 0.2) is 6.07 Å². The molecule has 0 saturated heterocycles. The third-order valence-electron chi connectivity index (χ3n) is 4.04. The number of carboxylic acid groups (broad SMARTS) is 1. The van der Waals surface area contributed by atoms with E-state index in [0.29, 0.717) is 0 Å². The molecule has 2 unspecified atom stereocenters. The minimum absolute atomic E-state index is 0.172.